The highest BCUT2D eigenvalue weighted by molar-refractivity contribution is 6.30. The summed E-state index contributed by atoms with van der Waals surface area (Å²) >= 11 is 6.12. The maximum Gasteiger partial charge on any atom is 0.271 e. The Bertz CT molecular complexity index is 1210. The third-order valence-corrected chi connectivity index (χ3v) is 5.06. The van der Waals surface area contributed by atoms with E-state index in [1.165, 1.54) is 0 Å². The number of para-hydroxylation sites is 1. The van der Waals surface area contributed by atoms with Crippen LogP contribution in [0.25, 0.3) is 10.9 Å². The maximum absolute atomic E-state index is 12.4. The van der Waals surface area contributed by atoms with Gasteiger partial charge in [0.2, 0.25) is 0 Å². The average Bonchev–Trinajstić information content (AvgIpc) is 3.06. The van der Waals surface area contributed by atoms with E-state index in [9.17, 15) is 4.79 Å². The van der Waals surface area contributed by atoms with E-state index in [1.54, 1.807) is 12.3 Å². The molecule has 4 aromatic rings. The number of hydrazone groups is 1. The Morgan fingerprint density at radius 3 is 2.69 bits per heavy atom. The second-order valence-electron chi connectivity index (χ2n) is 6.87. The van der Waals surface area contributed by atoms with Crippen molar-refractivity contribution < 1.29 is 4.79 Å². The molecule has 29 heavy (non-hydrogen) atoms. The molecule has 0 bridgehead atoms. The molecule has 1 heterocycles. The number of fused-ring (bicyclic) bond motifs is 1. The second kappa shape index (κ2) is 8.33. The molecule has 0 radical (unpaired) electrons. The number of rotatable bonds is 5. The van der Waals surface area contributed by atoms with E-state index in [1.807, 2.05) is 67.7 Å². The molecule has 0 unspecified atom stereocenters. The van der Waals surface area contributed by atoms with E-state index < -0.39 is 0 Å². The fraction of sp³-hybridized carbons (Fsp3) is 0.0833. The molecular formula is C24H20ClN3O. The molecular weight excluding hydrogens is 382 g/mol. The highest BCUT2D eigenvalue weighted by Crippen LogP contribution is 2.22. The van der Waals surface area contributed by atoms with Gasteiger partial charge in [0.05, 0.1) is 6.21 Å². The maximum atomic E-state index is 12.4. The topological polar surface area (TPSA) is 46.4 Å². The van der Waals surface area contributed by atoms with Crippen molar-refractivity contribution in [3.8, 4) is 0 Å². The molecule has 1 amide bonds. The standard InChI is InChI=1S/C24H20ClN3O/c1-17-7-2-3-10-21(17)24(29)27-26-14-19-16-28(23-12-5-4-11-22(19)23)15-18-8-6-9-20(25)13-18/h2-14,16H,15H2,1H3,(H,27,29)/b26-14-. The molecule has 0 saturated heterocycles. The molecule has 0 aliphatic carbocycles. The van der Waals surface area contributed by atoms with Gasteiger partial charge in [0.1, 0.15) is 0 Å². The second-order valence-corrected chi connectivity index (χ2v) is 7.31. The lowest BCUT2D eigenvalue weighted by Gasteiger charge is -2.05. The van der Waals surface area contributed by atoms with Crippen LogP contribution in [0.5, 0.6) is 0 Å². The lowest BCUT2D eigenvalue weighted by Crippen LogP contribution is -2.18. The predicted molar refractivity (Wildman–Crippen MR) is 119 cm³/mol. The summed E-state index contributed by atoms with van der Waals surface area (Å²) in [5.74, 6) is -0.220. The van der Waals surface area contributed by atoms with Crippen LogP contribution in [0.4, 0.5) is 0 Å². The minimum atomic E-state index is -0.220. The Morgan fingerprint density at radius 1 is 1.07 bits per heavy atom. The Morgan fingerprint density at radius 2 is 1.86 bits per heavy atom. The van der Waals surface area contributed by atoms with Crippen LogP contribution in [0.2, 0.25) is 5.02 Å². The molecule has 0 saturated carbocycles. The van der Waals surface area contributed by atoms with Crippen molar-refractivity contribution in [2.24, 2.45) is 5.10 Å². The first-order valence-electron chi connectivity index (χ1n) is 9.33. The summed E-state index contributed by atoms with van der Waals surface area (Å²) < 4.78 is 2.16. The van der Waals surface area contributed by atoms with Crippen molar-refractivity contribution in [3.05, 3.63) is 106 Å². The number of aromatic nitrogens is 1. The minimum Gasteiger partial charge on any atom is -0.342 e. The third kappa shape index (κ3) is 4.23. The Labute approximate surface area is 174 Å². The summed E-state index contributed by atoms with van der Waals surface area (Å²) in [4.78, 5) is 12.4. The quantitative estimate of drug-likeness (QED) is 0.352. The largest absolute Gasteiger partial charge is 0.342 e. The van der Waals surface area contributed by atoms with Gasteiger partial charge < -0.3 is 4.57 Å². The number of carbonyl (C=O) groups is 1. The smallest absolute Gasteiger partial charge is 0.271 e. The first kappa shape index (κ1) is 19.0. The van der Waals surface area contributed by atoms with Crippen molar-refractivity contribution in [3.63, 3.8) is 0 Å². The summed E-state index contributed by atoms with van der Waals surface area (Å²) in [6.07, 6.45) is 3.72. The number of nitrogens with zero attached hydrogens (tertiary/aromatic N) is 2. The summed E-state index contributed by atoms with van der Waals surface area (Å²) in [6, 6.07) is 23.4. The Kier molecular flexibility index (Phi) is 5.45. The van der Waals surface area contributed by atoms with E-state index in [2.05, 4.69) is 27.2 Å². The van der Waals surface area contributed by atoms with Crippen LogP contribution in [0.1, 0.15) is 27.0 Å². The minimum absolute atomic E-state index is 0.220. The number of nitrogens with one attached hydrogen (secondary N) is 1. The fourth-order valence-corrected chi connectivity index (χ4v) is 3.60. The molecule has 0 atom stereocenters. The number of benzene rings is 3. The molecule has 0 spiro atoms. The van der Waals surface area contributed by atoms with Gasteiger partial charge >= 0.3 is 0 Å². The first-order valence-corrected chi connectivity index (χ1v) is 9.71. The number of aryl methyl sites for hydroxylation is 1. The summed E-state index contributed by atoms with van der Waals surface area (Å²) in [5.41, 5.74) is 7.31. The molecule has 0 fully saturated rings. The number of amides is 1. The van der Waals surface area contributed by atoms with Crippen molar-refractivity contribution in [2.45, 2.75) is 13.5 Å². The average molecular weight is 402 g/mol. The van der Waals surface area contributed by atoms with E-state index in [-0.39, 0.29) is 5.91 Å². The van der Waals surface area contributed by atoms with E-state index in [4.69, 9.17) is 11.6 Å². The molecule has 5 heteroatoms. The molecule has 4 nitrogen and oxygen atoms in total. The molecule has 1 N–H and O–H groups in total. The first-order chi connectivity index (χ1) is 14.1. The van der Waals surface area contributed by atoms with Crippen LogP contribution >= 0.6 is 11.6 Å². The van der Waals surface area contributed by atoms with Crippen LogP contribution in [-0.2, 0) is 6.54 Å². The highest BCUT2D eigenvalue weighted by atomic mass is 35.5. The van der Waals surface area contributed by atoms with Crippen molar-refractivity contribution in [1.29, 1.82) is 0 Å². The molecule has 1 aromatic heterocycles. The van der Waals surface area contributed by atoms with E-state index >= 15 is 0 Å². The molecule has 0 aliphatic rings. The number of carbonyl (C=O) groups excluding carboxylic acids is 1. The van der Waals surface area contributed by atoms with Crippen LogP contribution < -0.4 is 5.43 Å². The van der Waals surface area contributed by atoms with E-state index in [0.29, 0.717) is 12.1 Å². The van der Waals surface area contributed by atoms with Crippen molar-refractivity contribution >= 4 is 34.6 Å². The van der Waals surface area contributed by atoms with Gasteiger partial charge in [-0.25, -0.2) is 5.43 Å². The van der Waals surface area contributed by atoms with Crippen molar-refractivity contribution in [2.75, 3.05) is 0 Å². The number of hydrogen-bond acceptors (Lipinski definition) is 2. The van der Waals surface area contributed by atoms with Crippen LogP contribution in [0, 0.1) is 6.92 Å². The zero-order chi connectivity index (χ0) is 20.2. The molecule has 3 aromatic carbocycles. The van der Waals surface area contributed by atoms with Crippen LogP contribution in [0.15, 0.2) is 84.1 Å². The lowest BCUT2D eigenvalue weighted by atomic mass is 10.1. The normalized spacial score (nSPS) is 11.2. The van der Waals surface area contributed by atoms with E-state index in [0.717, 1.165) is 32.6 Å². The van der Waals surface area contributed by atoms with Crippen LogP contribution in [0.3, 0.4) is 0 Å². The van der Waals surface area contributed by atoms with Gasteiger partial charge in [0.25, 0.3) is 5.91 Å². The Balaban J connectivity index is 1.58. The third-order valence-electron chi connectivity index (χ3n) is 4.82. The SMILES string of the molecule is Cc1ccccc1C(=O)N/N=C\c1cn(Cc2cccc(Cl)c2)c2ccccc12. The zero-order valence-corrected chi connectivity index (χ0v) is 16.7. The molecule has 144 valence electrons. The summed E-state index contributed by atoms with van der Waals surface area (Å²) in [5, 5.41) is 5.98. The number of hydrogen-bond donors (Lipinski definition) is 1. The predicted octanol–water partition coefficient (Wildman–Crippen LogP) is 5.42. The van der Waals surface area contributed by atoms with Crippen molar-refractivity contribution in [1.82, 2.24) is 9.99 Å². The van der Waals surface area contributed by atoms with Gasteiger partial charge in [0.15, 0.2) is 0 Å². The Hall–Kier alpha value is -3.37. The molecule has 4 rings (SSSR count). The van der Waals surface area contributed by atoms with Gasteiger partial charge in [-0.15, -0.1) is 0 Å². The van der Waals surface area contributed by atoms with Gasteiger partial charge in [-0.1, -0.05) is 60.1 Å². The van der Waals surface area contributed by atoms with Gasteiger partial charge in [-0.05, 0) is 42.3 Å². The number of halogens is 1. The van der Waals surface area contributed by atoms with Crippen LogP contribution in [-0.4, -0.2) is 16.7 Å². The summed E-state index contributed by atoms with van der Waals surface area (Å²) in [6.45, 7) is 2.60. The van der Waals surface area contributed by atoms with Gasteiger partial charge in [-0.3, -0.25) is 4.79 Å². The summed E-state index contributed by atoms with van der Waals surface area (Å²) in [7, 11) is 0. The fourth-order valence-electron chi connectivity index (χ4n) is 3.39. The lowest BCUT2D eigenvalue weighted by molar-refractivity contribution is 0.0954. The zero-order valence-electron chi connectivity index (χ0n) is 16.0. The van der Waals surface area contributed by atoms with Gasteiger partial charge in [0, 0.05) is 39.8 Å². The monoisotopic (exact) mass is 401 g/mol. The van der Waals surface area contributed by atoms with Gasteiger partial charge in [-0.2, -0.15) is 5.10 Å². The molecule has 0 aliphatic heterocycles. The highest BCUT2D eigenvalue weighted by Gasteiger charge is 2.09.